The summed E-state index contributed by atoms with van der Waals surface area (Å²) in [4.78, 5) is 23.5. The largest absolute Gasteiger partial charge is 0.368 e. The van der Waals surface area contributed by atoms with Gasteiger partial charge in [-0.2, -0.15) is 0 Å². The first-order valence-electron chi connectivity index (χ1n) is 4.68. The predicted octanol–water partition coefficient (Wildman–Crippen LogP) is -2.21. The first kappa shape index (κ1) is 12.1. The highest BCUT2D eigenvalue weighted by Crippen LogP contribution is 1.98. The summed E-state index contributed by atoms with van der Waals surface area (Å²) in [7, 11) is 1.47. The molecule has 16 heavy (non-hydrogen) atoms. The summed E-state index contributed by atoms with van der Waals surface area (Å²) in [6, 6.07) is 0. The van der Waals surface area contributed by atoms with Gasteiger partial charge in [-0.15, -0.1) is 5.10 Å². The highest BCUT2D eigenvalue weighted by molar-refractivity contribution is 5.94. The topological polar surface area (TPSA) is 120 Å². The van der Waals surface area contributed by atoms with Crippen molar-refractivity contribution in [2.45, 2.75) is 6.54 Å². The van der Waals surface area contributed by atoms with Crippen molar-refractivity contribution in [3.63, 3.8) is 0 Å². The first-order chi connectivity index (χ1) is 7.54. The smallest absolute Gasteiger partial charge is 0.276 e. The van der Waals surface area contributed by atoms with E-state index in [9.17, 15) is 9.59 Å². The van der Waals surface area contributed by atoms with Gasteiger partial charge in [0.1, 0.15) is 0 Å². The Morgan fingerprint density at radius 3 is 2.81 bits per heavy atom. The van der Waals surface area contributed by atoms with Crippen molar-refractivity contribution in [3.8, 4) is 0 Å². The minimum atomic E-state index is -0.579. The number of carbonyl (C=O) groups excluding carboxylic acids is 2. The van der Waals surface area contributed by atoms with E-state index in [4.69, 9.17) is 11.5 Å². The van der Waals surface area contributed by atoms with Crippen molar-refractivity contribution >= 4 is 11.8 Å². The van der Waals surface area contributed by atoms with Crippen LogP contribution in [-0.4, -0.2) is 51.8 Å². The number of carbonyl (C=O) groups is 2. The molecule has 0 aliphatic carbocycles. The molecule has 1 rings (SSSR count). The summed E-state index contributed by atoms with van der Waals surface area (Å²) < 4.78 is 1.46. The minimum absolute atomic E-state index is 0.150. The Balaban J connectivity index is 2.68. The molecule has 0 aliphatic heterocycles. The van der Waals surface area contributed by atoms with Gasteiger partial charge in [-0.05, 0) is 0 Å². The van der Waals surface area contributed by atoms with Gasteiger partial charge in [-0.3, -0.25) is 14.3 Å². The van der Waals surface area contributed by atoms with Gasteiger partial charge in [0.05, 0.1) is 19.3 Å². The summed E-state index contributed by atoms with van der Waals surface area (Å²) in [6.45, 7) is 0.747. The highest BCUT2D eigenvalue weighted by Gasteiger charge is 2.16. The van der Waals surface area contributed by atoms with E-state index in [1.54, 1.807) is 0 Å². The molecule has 1 aromatic rings. The number of rotatable bonds is 5. The summed E-state index contributed by atoms with van der Waals surface area (Å²) in [5, 5.41) is 7.39. The third kappa shape index (κ3) is 3.02. The number of nitrogens with two attached hydrogens (primary N) is 2. The second kappa shape index (κ2) is 5.21. The number of hydrogen-bond donors (Lipinski definition) is 2. The zero-order valence-electron chi connectivity index (χ0n) is 8.96. The maximum atomic E-state index is 11.7. The Bertz CT molecular complexity index is 388. The fourth-order valence-electron chi connectivity index (χ4n) is 1.14. The summed E-state index contributed by atoms with van der Waals surface area (Å²) >= 11 is 0. The lowest BCUT2D eigenvalue weighted by atomic mass is 10.4. The van der Waals surface area contributed by atoms with Crippen molar-refractivity contribution in [1.29, 1.82) is 0 Å². The van der Waals surface area contributed by atoms with Crippen molar-refractivity contribution in [1.82, 2.24) is 19.9 Å². The molecule has 2 amide bonds. The Morgan fingerprint density at radius 1 is 1.56 bits per heavy atom. The van der Waals surface area contributed by atoms with E-state index in [-0.39, 0.29) is 12.2 Å². The van der Waals surface area contributed by atoms with Gasteiger partial charge in [0, 0.05) is 13.6 Å². The van der Waals surface area contributed by atoms with Crippen LogP contribution in [0, 0.1) is 0 Å². The molecular weight excluding hydrogens is 212 g/mol. The van der Waals surface area contributed by atoms with Crippen LogP contribution in [0.4, 0.5) is 0 Å². The van der Waals surface area contributed by atoms with Crippen LogP contribution >= 0.6 is 0 Å². The molecule has 88 valence electrons. The first-order valence-corrected chi connectivity index (χ1v) is 4.68. The number of likely N-dealkylation sites (N-methyl/N-ethyl adjacent to an activating group) is 1. The van der Waals surface area contributed by atoms with Gasteiger partial charge in [0.25, 0.3) is 5.91 Å². The van der Waals surface area contributed by atoms with Crippen molar-refractivity contribution in [3.05, 3.63) is 11.9 Å². The van der Waals surface area contributed by atoms with Gasteiger partial charge in [-0.1, -0.05) is 5.21 Å². The van der Waals surface area contributed by atoms with E-state index in [1.807, 2.05) is 0 Å². The predicted molar refractivity (Wildman–Crippen MR) is 55.2 cm³/mol. The van der Waals surface area contributed by atoms with Crippen LogP contribution < -0.4 is 11.5 Å². The molecule has 0 aliphatic rings. The van der Waals surface area contributed by atoms with Crippen LogP contribution in [0.15, 0.2) is 6.20 Å². The van der Waals surface area contributed by atoms with Crippen LogP contribution in [-0.2, 0) is 11.3 Å². The Kier molecular flexibility index (Phi) is 3.95. The summed E-state index contributed by atoms with van der Waals surface area (Å²) in [6.07, 6.45) is 1.48. The molecular formula is C8H14N6O2. The zero-order valence-corrected chi connectivity index (χ0v) is 8.96. The lowest BCUT2D eigenvalue weighted by Gasteiger charge is -2.12. The Hall–Kier alpha value is -1.96. The quantitative estimate of drug-likeness (QED) is 0.590. The fourth-order valence-corrected chi connectivity index (χ4v) is 1.14. The third-order valence-electron chi connectivity index (χ3n) is 1.86. The van der Waals surface area contributed by atoms with Crippen LogP contribution in [0.1, 0.15) is 10.5 Å². The van der Waals surface area contributed by atoms with E-state index in [0.29, 0.717) is 13.1 Å². The number of nitrogens with zero attached hydrogens (tertiary/aromatic N) is 4. The zero-order chi connectivity index (χ0) is 12.1. The molecule has 8 heteroatoms. The average molecular weight is 226 g/mol. The van der Waals surface area contributed by atoms with Crippen LogP contribution in [0.3, 0.4) is 0 Å². The Labute approximate surface area is 92.2 Å². The number of hydrogen-bond acceptors (Lipinski definition) is 5. The van der Waals surface area contributed by atoms with Crippen molar-refractivity contribution < 1.29 is 9.59 Å². The molecule has 0 atom stereocenters. The molecule has 0 radical (unpaired) electrons. The molecule has 4 N–H and O–H groups in total. The van der Waals surface area contributed by atoms with E-state index >= 15 is 0 Å². The molecule has 0 saturated heterocycles. The van der Waals surface area contributed by atoms with E-state index in [2.05, 4.69) is 10.3 Å². The lowest BCUT2D eigenvalue weighted by Crippen LogP contribution is -2.35. The summed E-state index contributed by atoms with van der Waals surface area (Å²) in [5.41, 5.74) is 10.5. The second-order valence-electron chi connectivity index (χ2n) is 3.28. The van der Waals surface area contributed by atoms with Crippen LogP contribution in [0.2, 0.25) is 0 Å². The van der Waals surface area contributed by atoms with E-state index in [1.165, 1.54) is 22.8 Å². The number of aromatic nitrogens is 3. The molecule has 0 aromatic carbocycles. The monoisotopic (exact) mass is 226 g/mol. The van der Waals surface area contributed by atoms with Gasteiger partial charge in [-0.25, -0.2) is 0 Å². The van der Waals surface area contributed by atoms with E-state index < -0.39 is 11.8 Å². The van der Waals surface area contributed by atoms with Gasteiger partial charge in [0.15, 0.2) is 5.69 Å². The normalized spacial score (nSPS) is 10.1. The summed E-state index contributed by atoms with van der Waals surface area (Å²) in [5.74, 6) is -0.979. The second-order valence-corrected chi connectivity index (χ2v) is 3.28. The fraction of sp³-hybridized carbons (Fsp3) is 0.500. The van der Waals surface area contributed by atoms with Gasteiger partial charge >= 0.3 is 0 Å². The maximum absolute atomic E-state index is 11.7. The third-order valence-corrected chi connectivity index (χ3v) is 1.86. The standard InChI is InChI=1S/C8H14N6O2/c1-13(5-7(10)15)8(16)6-4-14(3-2-9)12-11-6/h4H,2-3,5,9H2,1H3,(H2,10,15). The van der Waals surface area contributed by atoms with E-state index in [0.717, 1.165) is 0 Å². The SMILES string of the molecule is CN(CC(N)=O)C(=O)c1cn(CCN)nn1. The van der Waals surface area contributed by atoms with Crippen molar-refractivity contribution in [2.24, 2.45) is 11.5 Å². The molecule has 0 saturated carbocycles. The van der Waals surface area contributed by atoms with Crippen molar-refractivity contribution in [2.75, 3.05) is 20.1 Å². The average Bonchev–Trinajstić information content (AvgIpc) is 2.64. The number of primary amides is 1. The molecule has 1 aromatic heterocycles. The molecule has 0 fully saturated rings. The number of amides is 2. The molecule has 8 nitrogen and oxygen atoms in total. The van der Waals surface area contributed by atoms with Crippen LogP contribution in [0.25, 0.3) is 0 Å². The van der Waals surface area contributed by atoms with Gasteiger partial charge < -0.3 is 16.4 Å². The molecule has 0 spiro atoms. The molecule has 1 heterocycles. The Morgan fingerprint density at radius 2 is 2.25 bits per heavy atom. The molecule has 0 bridgehead atoms. The van der Waals surface area contributed by atoms with Crippen LogP contribution in [0.5, 0.6) is 0 Å². The lowest BCUT2D eigenvalue weighted by molar-refractivity contribution is -0.118. The van der Waals surface area contributed by atoms with Gasteiger partial charge in [0.2, 0.25) is 5.91 Å². The maximum Gasteiger partial charge on any atom is 0.276 e. The minimum Gasteiger partial charge on any atom is -0.368 e. The highest BCUT2D eigenvalue weighted by atomic mass is 16.2. The molecule has 0 unspecified atom stereocenters.